The number of halogens is 1. The van der Waals surface area contributed by atoms with Gasteiger partial charge in [-0.25, -0.2) is 4.39 Å². The fourth-order valence-corrected chi connectivity index (χ4v) is 2.22. The lowest BCUT2D eigenvalue weighted by atomic mass is 10.2. The summed E-state index contributed by atoms with van der Waals surface area (Å²) in [7, 11) is 3.75. The topological polar surface area (TPSA) is 15.3 Å². The molecule has 0 fully saturated rings. The maximum Gasteiger partial charge on any atom is 0.123 e. The first kappa shape index (κ1) is 28.8. The van der Waals surface area contributed by atoms with Crippen molar-refractivity contribution in [2.75, 3.05) is 25.5 Å². The zero-order chi connectivity index (χ0) is 22.5. The zero-order valence-electron chi connectivity index (χ0n) is 19.3. The monoisotopic (exact) mass is 400 g/mol. The summed E-state index contributed by atoms with van der Waals surface area (Å²) in [6, 6.07) is 16.8. The first-order valence-electron chi connectivity index (χ1n) is 10.4. The van der Waals surface area contributed by atoms with E-state index >= 15 is 0 Å². The van der Waals surface area contributed by atoms with Crippen molar-refractivity contribution in [3.05, 3.63) is 90.9 Å². The van der Waals surface area contributed by atoms with Gasteiger partial charge >= 0.3 is 0 Å². The van der Waals surface area contributed by atoms with Crippen LogP contribution in [0.1, 0.15) is 45.6 Å². The first-order chi connectivity index (χ1) is 14.0. The fraction of sp³-hybridized carbons (Fsp3) is 0.385. The fourth-order valence-electron chi connectivity index (χ4n) is 2.22. The molecule has 2 nitrogen and oxygen atoms in total. The van der Waals surface area contributed by atoms with E-state index in [-0.39, 0.29) is 5.82 Å². The first-order valence-corrected chi connectivity index (χ1v) is 10.4. The predicted octanol–water partition coefficient (Wildman–Crippen LogP) is 7.38. The molecule has 0 aliphatic rings. The van der Waals surface area contributed by atoms with Gasteiger partial charge in [-0.1, -0.05) is 75.7 Å². The largest absolute Gasteiger partial charge is 0.345 e. The van der Waals surface area contributed by atoms with Gasteiger partial charge in [0.2, 0.25) is 0 Å². The van der Waals surface area contributed by atoms with Gasteiger partial charge in [-0.2, -0.15) is 0 Å². The van der Waals surface area contributed by atoms with Crippen LogP contribution < -0.4 is 10.2 Å². The molecule has 0 aliphatic carbocycles. The van der Waals surface area contributed by atoms with Gasteiger partial charge in [0.25, 0.3) is 0 Å². The summed E-state index contributed by atoms with van der Waals surface area (Å²) in [5, 5.41) is 2.75. The third-order valence-electron chi connectivity index (χ3n) is 3.58. The number of nitrogens with one attached hydrogen (secondary N) is 1. The number of nitrogens with zero attached hydrogens (tertiary/aromatic N) is 1. The summed E-state index contributed by atoms with van der Waals surface area (Å²) in [5.41, 5.74) is 3.31. The average molecular weight is 401 g/mol. The predicted molar refractivity (Wildman–Crippen MR) is 130 cm³/mol. The van der Waals surface area contributed by atoms with E-state index in [1.165, 1.54) is 17.7 Å². The Morgan fingerprint density at radius 3 is 1.93 bits per heavy atom. The van der Waals surface area contributed by atoms with Gasteiger partial charge in [0.05, 0.1) is 0 Å². The van der Waals surface area contributed by atoms with Gasteiger partial charge in [0, 0.05) is 24.4 Å². The second kappa shape index (κ2) is 20.3. The van der Waals surface area contributed by atoms with E-state index in [0.29, 0.717) is 0 Å². The SMILES string of the molecule is C=CCC(=C)N(CCCC)c1ccc(F)cc1.CC.CNC.Cc1ccccc1. The molecular weight excluding hydrogens is 359 g/mol. The summed E-state index contributed by atoms with van der Waals surface area (Å²) in [6.07, 6.45) is 4.80. The van der Waals surface area contributed by atoms with Gasteiger partial charge in [-0.15, -0.1) is 6.58 Å². The summed E-state index contributed by atoms with van der Waals surface area (Å²) in [6.45, 7) is 16.9. The van der Waals surface area contributed by atoms with Crippen molar-refractivity contribution in [2.45, 2.75) is 47.0 Å². The Morgan fingerprint density at radius 2 is 1.55 bits per heavy atom. The molecule has 0 aromatic heterocycles. The van der Waals surface area contributed by atoms with Crippen LogP contribution in [0.15, 0.2) is 79.5 Å². The molecule has 0 radical (unpaired) electrons. The number of hydrogen-bond acceptors (Lipinski definition) is 2. The van der Waals surface area contributed by atoms with Gasteiger partial charge in [0.1, 0.15) is 5.82 Å². The van der Waals surface area contributed by atoms with Crippen molar-refractivity contribution >= 4 is 5.69 Å². The Kier molecular flexibility index (Phi) is 20.2. The minimum Gasteiger partial charge on any atom is -0.345 e. The molecule has 0 atom stereocenters. The van der Waals surface area contributed by atoms with Crippen molar-refractivity contribution in [1.29, 1.82) is 0 Å². The number of benzene rings is 2. The molecule has 2 aromatic rings. The summed E-state index contributed by atoms with van der Waals surface area (Å²) in [4.78, 5) is 2.13. The lowest BCUT2D eigenvalue weighted by Gasteiger charge is -2.26. The molecule has 2 rings (SSSR count). The summed E-state index contributed by atoms with van der Waals surface area (Å²) in [5.74, 6) is -0.210. The third-order valence-corrected chi connectivity index (χ3v) is 3.58. The number of rotatable bonds is 7. The van der Waals surface area contributed by atoms with Crippen molar-refractivity contribution in [3.63, 3.8) is 0 Å². The van der Waals surface area contributed by atoms with Crippen LogP contribution in [-0.2, 0) is 0 Å². The highest BCUT2D eigenvalue weighted by molar-refractivity contribution is 5.51. The number of unbranched alkanes of at least 4 members (excludes halogenated alkanes) is 1. The van der Waals surface area contributed by atoms with Crippen LogP contribution in [0.3, 0.4) is 0 Å². The maximum atomic E-state index is 12.9. The minimum atomic E-state index is -0.210. The molecule has 0 heterocycles. The van der Waals surface area contributed by atoms with Gasteiger partial charge in [0.15, 0.2) is 0 Å². The van der Waals surface area contributed by atoms with E-state index < -0.39 is 0 Å². The number of anilines is 1. The maximum absolute atomic E-state index is 12.9. The summed E-state index contributed by atoms with van der Waals surface area (Å²) >= 11 is 0. The highest BCUT2D eigenvalue weighted by Crippen LogP contribution is 2.21. The average Bonchev–Trinajstić information content (AvgIpc) is 2.73. The molecular formula is C26H41FN2. The Bertz CT molecular complexity index is 621. The van der Waals surface area contributed by atoms with Gasteiger partial charge < -0.3 is 10.2 Å². The van der Waals surface area contributed by atoms with Gasteiger partial charge in [-0.05, 0) is 51.7 Å². The molecule has 2 aromatic carbocycles. The molecule has 0 unspecified atom stereocenters. The quantitative estimate of drug-likeness (QED) is 0.488. The van der Waals surface area contributed by atoms with Crippen LogP contribution in [-0.4, -0.2) is 20.6 Å². The molecule has 1 N–H and O–H groups in total. The lowest BCUT2D eigenvalue weighted by molar-refractivity contribution is 0.627. The van der Waals surface area contributed by atoms with Crippen molar-refractivity contribution in [2.24, 2.45) is 0 Å². The number of hydrogen-bond donors (Lipinski definition) is 1. The molecule has 0 spiro atoms. The van der Waals surface area contributed by atoms with E-state index in [4.69, 9.17) is 0 Å². The second-order valence-electron chi connectivity index (χ2n) is 6.20. The van der Waals surface area contributed by atoms with Crippen LogP contribution in [0.4, 0.5) is 10.1 Å². The Morgan fingerprint density at radius 1 is 1.03 bits per heavy atom. The normalized spacial score (nSPS) is 8.79. The molecule has 162 valence electrons. The van der Waals surface area contributed by atoms with Crippen molar-refractivity contribution < 1.29 is 4.39 Å². The Hall–Kier alpha value is -2.39. The van der Waals surface area contributed by atoms with Crippen LogP contribution in [0.25, 0.3) is 0 Å². The van der Waals surface area contributed by atoms with E-state index in [0.717, 1.165) is 37.2 Å². The highest BCUT2D eigenvalue weighted by atomic mass is 19.1. The number of aryl methyl sites for hydroxylation is 1. The highest BCUT2D eigenvalue weighted by Gasteiger charge is 2.08. The van der Waals surface area contributed by atoms with Crippen molar-refractivity contribution in [1.82, 2.24) is 5.32 Å². The van der Waals surface area contributed by atoms with Crippen LogP contribution in [0.2, 0.25) is 0 Å². The Labute approximate surface area is 179 Å². The number of allylic oxidation sites excluding steroid dienone is 1. The molecule has 0 bridgehead atoms. The molecule has 29 heavy (non-hydrogen) atoms. The van der Waals surface area contributed by atoms with Crippen LogP contribution in [0, 0.1) is 12.7 Å². The van der Waals surface area contributed by atoms with E-state index in [2.05, 4.69) is 49.4 Å². The lowest BCUT2D eigenvalue weighted by Crippen LogP contribution is -2.22. The van der Waals surface area contributed by atoms with E-state index in [9.17, 15) is 4.39 Å². The molecule has 3 heteroatoms. The Balaban J connectivity index is 0. The second-order valence-corrected chi connectivity index (χ2v) is 6.20. The van der Waals surface area contributed by atoms with E-state index in [1.807, 2.05) is 52.2 Å². The van der Waals surface area contributed by atoms with Crippen LogP contribution >= 0.6 is 0 Å². The zero-order valence-corrected chi connectivity index (χ0v) is 19.3. The molecule has 0 saturated carbocycles. The van der Waals surface area contributed by atoms with Crippen LogP contribution in [0.5, 0.6) is 0 Å². The van der Waals surface area contributed by atoms with Crippen molar-refractivity contribution in [3.8, 4) is 0 Å². The third kappa shape index (κ3) is 15.2. The smallest absolute Gasteiger partial charge is 0.123 e. The molecule has 0 saturated heterocycles. The minimum absolute atomic E-state index is 0.210. The standard InChI is InChI=1S/C15H20FN.C7H8.C2H7N.C2H6/c1-4-6-12-17(13(3)7-5-2)15-10-8-14(16)9-11-15;1-7-5-3-2-4-6-7;1-3-2;1-2/h5,8-11H,2-4,6-7,12H2,1H3;2-6H,1H3;3H,1-2H3;1-2H3. The molecule has 0 aliphatic heterocycles. The summed E-state index contributed by atoms with van der Waals surface area (Å²) < 4.78 is 12.9. The van der Waals surface area contributed by atoms with Gasteiger partial charge in [-0.3, -0.25) is 0 Å². The van der Waals surface area contributed by atoms with E-state index in [1.54, 1.807) is 12.1 Å². The molecule has 0 amide bonds.